The van der Waals surface area contributed by atoms with Gasteiger partial charge in [0, 0.05) is 6.04 Å². The summed E-state index contributed by atoms with van der Waals surface area (Å²) in [5.41, 5.74) is 7.25. The Morgan fingerprint density at radius 2 is 1.84 bits per heavy atom. The lowest BCUT2D eigenvalue weighted by atomic mass is 10.0. The molecule has 0 aliphatic carbocycles. The van der Waals surface area contributed by atoms with Crippen LogP contribution in [0.3, 0.4) is 0 Å². The minimum Gasteiger partial charge on any atom is -0.324 e. The summed E-state index contributed by atoms with van der Waals surface area (Å²) >= 11 is 3.82. The van der Waals surface area contributed by atoms with Crippen molar-refractivity contribution in [2.45, 2.75) is 18.6 Å². The first-order valence-electron chi connectivity index (χ1n) is 5.52. The smallest absolute Gasteiger partial charge is 0.324 e. The Morgan fingerprint density at radius 3 is 2.32 bits per heavy atom. The molecule has 6 heteroatoms. The number of hydrogen-bond donors (Lipinski definition) is 1. The van der Waals surface area contributed by atoms with Gasteiger partial charge in [0.1, 0.15) is 0 Å². The quantitative estimate of drug-likeness (QED) is 0.752. The van der Waals surface area contributed by atoms with Gasteiger partial charge in [0.15, 0.2) is 0 Å². The molecule has 0 aliphatic heterocycles. The average Bonchev–Trinajstić information content (AvgIpc) is 2.75. The Labute approximate surface area is 126 Å². The highest BCUT2D eigenvalue weighted by molar-refractivity contribution is 14.1. The third-order valence-corrected chi connectivity index (χ3v) is 4.56. The van der Waals surface area contributed by atoms with Crippen LogP contribution in [0, 0.1) is 2.88 Å². The van der Waals surface area contributed by atoms with Crippen LogP contribution in [0.1, 0.15) is 22.7 Å². The summed E-state index contributed by atoms with van der Waals surface area (Å²) in [7, 11) is 0. The molecule has 1 unspecified atom stereocenters. The van der Waals surface area contributed by atoms with Crippen LogP contribution in [-0.2, 0) is 12.6 Å². The minimum atomic E-state index is -4.29. The highest BCUT2D eigenvalue weighted by atomic mass is 127. The first-order chi connectivity index (χ1) is 8.86. The van der Waals surface area contributed by atoms with E-state index in [1.54, 1.807) is 11.3 Å². The third kappa shape index (κ3) is 3.93. The van der Waals surface area contributed by atoms with E-state index < -0.39 is 11.7 Å². The Morgan fingerprint density at radius 1 is 1.21 bits per heavy atom. The first kappa shape index (κ1) is 14.8. The van der Waals surface area contributed by atoms with Gasteiger partial charge in [-0.1, -0.05) is 12.1 Å². The Kier molecular flexibility index (Phi) is 4.52. The molecule has 1 atom stereocenters. The van der Waals surface area contributed by atoms with Crippen LogP contribution in [0.25, 0.3) is 0 Å². The first-order valence-corrected chi connectivity index (χ1v) is 7.48. The summed E-state index contributed by atoms with van der Waals surface area (Å²) in [6, 6.07) is 6.98. The molecule has 0 amide bonds. The van der Waals surface area contributed by atoms with E-state index in [9.17, 15) is 13.2 Å². The molecule has 19 heavy (non-hydrogen) atoms. The van der Waals surface area contributed by atoms with E-state index in [1.807, 2.05) is 11.4 Å². The number of halogens is 4. The minimum absolute atomic E-state index is 0.184. The molecule has 0 bridgehead atoms. The van der Waals surface area contributed by atoms with Crippen molar-refractivity contribution in [2.75, 3.05) is 0 Å². The molecule has 1 nitrogen and oxygen atoms in total. The van der Waals surface area contributed by atoms with Crippen molar-refractivity contribution < 1.29 is 13.2 Å². The van der Waals surface area contributed by atoms with Crippen LogP contribution >= 0.6 is 33.9 Å². The van der Waals surface area contributed by atoms with Crippen LogP contribution < -0.4 is 5.73 Å². The van der Waals surface area contributed by atoms with E-state index in [1.165, 1.54) is 12.1 Å². The number of hydrogen-bond acceptors (Lipinski definition) is 2. The van der Waals surface area contributed by atoms with E-state index in [4.69, 9.17) is 5.73 Å². The second kappa shape index (κ2) is 5.80. The standard InChI is InChI=1S/C13H11F3INS/c14-13(15,16)10-3-1-8(2-4-10)5-11(18)9-6-12(17)19-7-9/h1-4,6-7,11H,5,18H2. The van der Waals surface area contributed by atoms with Gasteiger partial charge in [0.05, 0.1) is 8.45 Å². The van der Waals surface area contributed by atoms with E-state index in [-0.39, 0.29) is 6.04 Å². The number of rotatable bonds is 3. The fraction of sp³-hybridized carbons (Fsp3) is 0.231. The molecule has 0 aliphatic rings. The normalized spacial score (nSPS) is 13.5. The Bertz CT molecular complexity index is 548. The molecule has 2 aromatic rings. The van der Waals surface area contributed by atoms with Gasteiger partial charge in [-0.05, 0) is 63.7 Å². The maximum atomic E-state index is 12.4. The van der Waals surface area contributed by atoms with Crippen molar-refractivity contribution in [3.8, 4) is 0 Å². The summed E-state index contributed by atoms with van der Waals surface area (Å²) in [6.07, 6.45) is -3.75. The van der Waals surface area contributed by atoms with Gasteiger partial charge in [-0.15, -0.1) is 11.3 Å². The topological polar surface area (TPSA) is 26.0 Å². The number of thiophene rings is 1. The zero-order chi connectivity index (χ0) is 14.0. The van der Waals surface area contributed by atoms with E-state index in [2.05, 4.69) is 22.6 Å². The molecular formula is C13H11F3INS. The molecule has 2 rings (SSSR count). The van der Waals surface area contributed by atoms with Crippen LogP contribution in [0.15, 0.2) is 35.7 Å². The number of benzene rings is 1. The zero-order valence-electron chi connectivity index (χ0n) is 9.75. The molecule has 0 saturated heterocycles. The average molecular weight is 397 g/mol. The Balaban J connectivity index is 2.07. The van der Waals surface area contributed by atoms with Crippen molar-refractivity contribution in [1.29, 1.82) is 0 Å². The summed E-state index contributed by atoms with van der Waals surface area (Å²) in [5.74, 6) is 0. The van der Waals surface area contributed by atoms with Gasteiger partial charge in [0.2, 0.25) is 0 Å². The van der Waals surface area contributed by atoms with Gasteiger partial charge < -0.3 is 5.73 Å². The highest BCUT2D eigenvalue weighted by Gasteiger charge is 2.29. The molecular weight excluding hydrogens is 386 g/mol. The van der Waals surface area contributed by atoms with Gasteiger partial charge in [-0.25, -0.2) is 0 Å². The largest absolute Gasteiger partial charge is 0.416 e. The summed E-state index contributed by atoms with van der Waals surface area (Å²) in [5, 5.41) is 1.98. The van der Waals surface area contributed by atoms with Gasteiger partial charge in [-0.2, -0.15) is 13.2 Å². The van der Waals surface area contributed by atoms with E-state index in [0.717, 1.165) is 26.1 Å². The fourth-order valence-electron chi connectivity index (χ4n) is 1.72. The van der Waals surface area contributed by atoms with Crippen molar-refractivity contribution in [2.24, 2.45) is 5.73 Å². The lowest BCUT2D eigenvalue weighted by Crippen LogP contribution is -2.12. The number of nitrogens with two attached hydrogens (primary N) is 1. The maximum absolute atomic E-state index is 12.4. The van der Waals surface area contributed by atoms with E-state index in [0.29, 0.717) is 6.42 Å². The lowest BCUT2D eigenvalue weighted by molar-refractivity contribution is -0.137. The van der Waals surface area contributed by atoms with Crippen LogP contribution in [0.4, 0.5) is 13.2 Å². The molecule has 0 fully saturated rings. The fourth-order valence-corrected chi connectivity index (χ4v) is 3.16. The lowest BCUT2D eigenvalue weighted by Gasteiger charge is -2.11. The molecule has 2 N–H and O–H groups in total. The molecule has 0 spiro atoms. The summed E-state index contributed by atoms with van der Waals surface area (Å²) in [4.78, 5) is 0. The van der Waals surface area contributed by atoms with Crippen molar-refractivity contribution >= 4 is 33.9 Å². The molecule has 0 saturated carbocycles. The van der Waals surface area contributed by atoms with Gasteiger partial charge >= 0.3 is 6.18 Å². The van der Waals surface area contributed by atoms with E-state index >= 15 is 0 Å². The van der Waals surface area contributed by atoms with Crippen LogP contribution in [0.2, 0.25) is 0 Å². The van der Waals surface area contributed by atoms with Crippen LogP contribution in [0.5, 0.6) is 0 Å². The summed E-state index contributed by atoms with van der Waals surface area (Å²) in [6.45, 7) is 0. The van der Waals surface area contributed by atoms with Gasteiger partial charge in [0.25, 0.3) is 0 Å². The predicted molar refractivity (Wildman–Crippen MR) is 79.1 cm³/mol. The monoisotopic (exact) mass is 397 g/mol. The maximum Gasteiger partial charge on any atom is 0.416 e. The van der Waals surface area contributed by atoms with Crippen molar-refractivity contribution in [3.63, 3.8) is 0 Å². The summed E-state index contributed by atoms with van der Waals surface area (Å²) < 4.78 is 38.4. The SMILES string of the molecule is NC(Cc1ccc(C(F)(F)F)cc1)c1csc(I)c1. The molecule has 1 aromatic carbocycles. The van der Waals surface area contributed by atoms with Crippen molar-refractivity contribution in [1.82, 2.24) is 0 Å². The second-order valence-electron chi connectivity index (χ2n) is 4.19. The molecule has 102 valence electrons. The molecule has 1 aromatic heterocycles. The number of alkyl halides is 3. The molecule has 1 heterocycles. The second-order valence-corrected chi connectivity index (χ2v) is 6.99. The Hall–Kier alpha value is -0.600. The molecule has 0 radical (unpaired) electrons. The highest BCUT2D eigenvalue weighted by Crippen LogP contribution is 2.30. The predicted octanol–water partition coefficient (Wildman–Crippen LogP) is 4.61. The zero-order valence-corrected chi connectivity index (χ0v) is 12.7. The van der Waals surface area contributed by atoms with Crippen LogP contribution in [-0.4, -0.2) is 0 Å². The third-order valence-electron chi connectivity index (χ3n) is 2.75. The van der Waals surface area contributed by atoms with Crippen molar-refractivity contribution in [3.05, 3.63) is 55.3 Å². The van der Waals surface area contributed by atoms with Gasteiger partial charge in [-0.3, -0.25) is 0 Å².